The number of hydrogen-bond donors (Lipinski definition) is 1. The Morgan fingerprint density at radius 3 is 2.48 bits per heavy atom. The number of piperidine rings is 1. The van der Waals surface area contributed by atoms with E-state index in [0.717, 1.165) is 0 Å². The second kappa shape index (κ2) is 6.94. The summed E-state index contributed by atoms with van der Waals surface area (Å²) in [6.07, 6.45) is 3.66. The molecule has 2 aliphatic rings. The third-order valence-electron chi connectivity index (χ3n) is 5.49. The van der Waals surface area contributed by atoms with E-state index in [1.807, 2.05) is 13.8 Å². The van der Waals surface area contributed by atoms with Gasteiger partial charge in [0.1, 0.15) is 18.2 Å². The van der Waals surface area contributed by atoms with E-state index in [1.165, 1.54) is 29.2 Å². The molecule has 2 aromatic rings. The van der Waals surface area contributed by atoms with Crippen molar-refractivity contribution in [3.63, 3.8) is 0 Å². The molecule has 0 atom stereocenters. The van der Waals surface area contributed by atoms with E-state index in [-0.39, 0.29) is 35.5 Å². The molecule has 12 nitrogen and oxygen atoms in total. The summed E-state index contributed by atoms with van der Waals surface area (Å²) in [5.41, 5.74) is -0.873. The minimum Gasteiger partial charge on any atom is -0.336 e. The quantitative estimate of drug-likeness (QED) is 0.708. The lowest BCUT2D eigenvalue weighted by molar-refractivity contribution is -0.134. The van der Waals surface area contributed by atoms with Gasteiger partial charge in [-0.05, 0) is 18.8 Å². The van der Waals surface area contributed by atoms with Crippen LogP contribution in [0.5, 0.6) is 0 Å². The first-order chi connectivity index (χ1) is 13.8. The van der Waals surface area contributed by atoms with Gasteiger partial charge in [-0.1, -0.05) is 13.8 Å². The van der Waals surface area contributed by atoms with Crippen LogP contribution in [0.2, 0.25) is 0 Å². The molecule has 2 fully saturated rings. The predicted octanol–water partition coefficient (Wildman–Crippen LogP) is -0.0898. The fourth-order valence-corrected chi connectivity index (χ4v) is 3.98. The zero-order chi connectivity index (χ0) is 20.8. The lowest BCUT2D eigenvalue weighted by atomic mass is 9.85. The Labute approximate surface area is 166 Å². The van der Waals surface area contributed by atoms with Crippen LogP contribution < -0.4 is 0 Å². The Kier molecular flexibility index (Phi) is 4.55. The number of H-pyrrole nitrogens is 1. The summed E-state index contributed by atoms with van der Waals surface area (Å²) in [6, 6.07) is -0.266. The van der Waals surface area contributed by atoms with E-state index in [2.05, 4.69) is 25.4 Å². The maximum atomic E-state index is 12.9. The summed E-state index contributed by atoms with van der Waals surface area (Å²) in [7, 11) is 1.52. The molecule has 12 heteroatoms. The molecule has 154 valence electrons. The highest BCUT2D eigenvalue weighted by molar-refractivity contribution is 6.07. The molecule has 2 saturated heterocycles. The van der Waals surface area contributed by atoms with Crippen molar-refractivity contribution >= 4 is 17.8 Å². The average molecular weight is 401 g/mol. The normalized spacial score (nSPS) is 19.1. The zero-order valence-electron chi connectivity index (χ0n) is 16.6. The van der Waals surface area contributed by atoms with Crippen LogP contribution in [0.15, 0.2) is 12.7 Å². The van der Waals surface area contributed by atoms with Gasteiger partial charge in [0.2, 0.25) is 5.82 Å². The molecule has 0 unspecified atom stereocenters. The topological polar surface area (TPSA) is 133 Å². The molecule has 4 amide bonds. The summed E-state index contributed by atoms with van der Waals surface area (Å²) in [5, 5.41) is 14.0. The van der Waals surface area contributed by atoms with Crippen LogP contribution in [0, 0.1) is 5.92 Å². The maximum Gasteiger partial charge on any atom is 0.327 e. The largest absolute Gasteiger partial charge is 0.336 e. The smallest absolute Gasteiger partial charge is 0.327 e. The predicted molar refractivity (Wildman–Crippen MR) is 98.9 cm³/mol. The molecule has 0 saturated carbocycles. The number of aromatic nitrogens is 6. The Bertz CT molecular complexity index is 928. The average Bonchev–Trinajstić information content (AvgIpc) is 3.43. The molecule has 1 spiro atoms. The Hall–Kier alpha value is -3.31. The number of rotatable bonds is 4. The van der Waals surface area contributed by atoms with Gasteiger partial charge in [-0.3, -0.25) is 24.2 Å². The van der Waals surface area contributed by atoms with Crippen molar-refractivity contribution in [1.82, 2.24) is 44.6 Å². The number of carbonyl (C=O) groups is 3. The van der Waals surface area contributed by atoms with E-state index in [1.54, 1.807) is 9.80 Å². The summed E-state index contributed by atoms with van der Waals surface area (Å²) in [5.74, 6) is 0.125. The minimum atomic E-state index is -0.873. The number of likely N-dealkylation sites (N-methyl/N-ethyl adjacent to an activating group) is 1. The number of aromatic amines is 1. The van der Waals surface area contributed by atoms with Crippen LogP contribution in [0.4, 0.5) is 4.79 Å². The first kappa shape index (κ1) is 19.0. The standard InChI is InChI=1S/C17H23N9O3/c1-11(2)8-26-16(29)23(3)14(28)17(26)4-6-24(7-5-17)13(27)12-20-15(22-21-12)25-9-18-19-10-25/h9-11H,4-8H2,1-3H3,(H,20,21,22). The van der Waals surface area contributed by atoms with Gasteiger partial charge in [0.15, 0.2) is 0 Å². The summed E-state index contributed by atoms with van der Waals surface area (Å²) >= 11 is 0. The number of amides is 4. The van der Waals surface area contributed by atoms with Crippen LogP contribution in [-0.2, 0) is 4.79 Å². The molecule has 0 radical (unpaired) electrons. The van der Waals surface area contributed by atoms with Crippen molar-refractivity contribution in [2.45, 2.75) is 32.2 Å². The first-order valence-electron chi connectivity index (χ1n) is 9.50. The maximum absolute atomic E-state index is 12.9. The van der Waals surface area contributed by atoms with Gasteiger partial charge in [0.25, 0.3) is 17.8 Å². The Balaban J connectivity index is 1.49. The second-order valence-electron chi connectivity index (χ2n) is 7.83. The lowest BCUT2D eigenvalue weighted by Gasteiger charge is -2.42. The minimum absolute atomic E-state index is 0.106. The number of imide groups is 1. The van der Waals surface area contributed by atoms with E-state index in [0.29, 0.717) is 32.5 Å². The number of likely N-dealkylation sites (tertiary alicyclic amines) is 1. The molecule has 0 bridgehead atoms. The highest BCUT2D eigenvalue weighted by Gasteiger charge is 2.57. The van der Waals surface area contributed by atoms with Gasteiger partial charge >= 0.3 is 6.03 Å². The van der Waals surface area contributed by atoms with Crippen molar-refractivity contribution < 1.29 is 14.4 Å². The van der Waals surface area contributed by atoms with Gasteiger partial charge in [-0.15, -0.1) is 15.3 Å². The molecule has 2 aliphatic heterocycles. The number of urea groups is 1. The molecule has 2 aromatic heterocycles. The van der Waals surface area contributed by atoms with Crippen molar-refractivity contribution in [2.24, 2.45) is 5.92 Å². The number of hydrogen-bond acceptors (Lipinski definition) is 7. The van der Waals surface area contributed by atoms with Crippen molar-refractivity contribution in [1.29, 1.82) is 0 Å². The van der Waals surface area contributed by atoms with Crippen LogP contribution in [0.3, 0.4) is 0 Å². The highest BCUT2D eigenvalue weighted by atomic mass is 16.2. The summed E-state index contributed by atoms with van der Waals surface area (Å²) < 4.78 is 1.49. The zero-order valence-corrected chi connectivity index (χ0v) is 16.6. The van der Waals surface area contributed by atoms with Crippen LogP contribution in [0.1, 0.15) is 37.3 Å². The van der Waals surface area contributed by atoms with Crippen molar-refractivity contribution in [2.75, 3.05) is 26.7 Å². The molecular formula is C17H23N9O3. The fraction of sp³-hybridized carbons (Fsp3) is 0.588. The SMILES string of the molecule is CC(C)CN1C(=O)N(C)C(=O)C12CCN(C(=O)c1nc(-n3cnnc3)n[nH]1)CC2. The van der Waals surface area contributed by atoms with Crippen LogP contribution in [0.25, 0.3) is 5.95 Å². The molecule has 0 aliphatic carbocycles. The van der Waals surface area contributed by atoms with Crippen LogP contribution >= 0.6 is 0 Å². The Morgan fingerprint density at radius 1 is 1.21 bits per heavy atom. The lowest BCUT2D eigenvalue weighted by Crippen LogP contribution is -2.58. The highest BCUT2D eigenvalue weighted by Crippen LogP contribution is 2.37. The number of nitrogens with one attached hydrogen (secondary N) is 1. The summed E-state index contributed by atoms with van der Waals surface area (Å²) in [6.45, 7) is 5.23. The molecular weight excluding hydrogens is 378 g/mol. The van der Waals surface area contributed by atoms with Gasteiger partial charge in [-0.25, -0.2) is 4.79 Å². The van der Waals surface area contributed by atoms with Gasteiger partial charge in [-0.2, -0.15) is 4.98 Å². The van der Waals surface area contributed by atoms with Gasteiger partial charge in [0, 0.05) is 26.7 Å². The molecule has 4 rings (SSSR count). The van der Waals surface area contributed by atoms with E-state index in [4.69, 9.17) is 0 Å². The number of nitrogens with zero attached hydrogens (tertiary/aromatic N) is 8. The number of carbonyl (C=O) groups excluding carboxylic acids is 3. The van der Waals surface area contributed by atoms with Gasteiger partial charge in [0.05, 0.1) is 0 Å². The van der Waals surface area contributed by atoms with E-state index < -0.39 is 5.54 Å². The Morgan fingerprint density at radius 2 is 1.86 bits per heavy atom. The molecule has 1 N–H and O–H groups in total. The molecule has 4 heterocycles. The monoisotopic (exact) mass is 401 g/mol. The van der Waals surface area contributed by atoms with E-state index >= 15 is 0 Å². The van der Waals surface area contributed by atoms with Crippen molar-refractivity contribution in [3.8, 4) is 5.95 Å². The molecule has 0 aromatic carbocycles. The summed E-state index contributed by atoms with van der Waals surface area (Å²) in [4.78, 5) is 47.0. The van der Waals surface area contributed by atoms with Crippen molar-refractivity contribution in [3.05, 3.63) is 18.5 Å². The third kappa shape index (κ3) is 3.04. The van der Waals surface area contributed by atoms with Gasteiger partial charge < -0.3 is 9.80 Å². The third-order valence-corrected chi connectivity index (χ3v) is 5.49. The fourth-order valence-electron chi connectivity index (χ4n) is 3.98. The molecule has 29 heavy (non-hydrogen) atoms. The van der Waals surface area contributed by atoms with E-state index in [9.17, 15) is 14.4 Å². The van der Waals surface area contributed by atoms with Crippen LogP contribution in [-0.4, -0.2) is 94.7 Å². The first-order valence-corrected chi connectivity index (χ1v) is 9.50. The second-order valence-corrected chi connectivity index (χ2v) is 7.83.